The average Bonchev–Trinajstić information content (AvgIpc) is 3.69. The summed E-state index contributed by atoms with van der Waals surface area (Å²) in [5.41, 5.74) is 7.95. The van der Waals surface area contributed by atoms with Gasteiger partial charge in [-0.3, -0.25) is 0 Å². The molecule has 0 N–H and O–H groups in total. The second-order valence-electron chi connectivity index (χ2n) is 14.0. The number of para-hydroxylation sites is 1. The third-order valence-corrected chi connectivity index (χ3v) is 10.8. The molecule has 54 heavy (non-hydrogen) atoms. The fourth-order valence-electron chi connectivity index (χ4n) is 8.12. The molecule has 0 radical (unpaired) electrons. The zero-order valence-corrected chi connectivity index (χ0v) is 29.3. The number of hydrogen-bond donors (Lipinski definition) is 0. The van der Waals surface area contributed by atoms with Crippen LogP contribution in [0.3, 0.4) is 0 Å². The van der Waals surface area contributed by atoms with Gasteiger partial charge >= 0.3 is 0 Å². The average molecular weight is 689 g/mol. The van der Waals surface area contributed by atoms with E-state index in [9.17, 15) is 0 Å². The Morgan fingerprint density at radius 2 is 0.907 bits per heavy atom. The first kappa shape index (κ1) is 30.4. The first-order chi connectivity index (χ1) is 26.7. The van der Waals surface area contributed by atoms with Gasteiger partial charge in [-0.15, -0.1) is 0 Å². The minimum atomic E-state index is 0.624. The summed E-state index contributed by atoms with van der Waals surface area (Å²) in [7, 11) is 0. The van der Waals surface area contributed by atoms with Crippen LogP contribution < -0.4 is 4.90 Å². The molecule has 3 heteroatoms. The van der Waals surface area contributed by atoms with Crippen LogP contribution >= 0.6 is 0 Å². The van der Waals surface area contributed by atoms with E-state index in [4.69, 9.17) is 9.40 Å². The summed E-state index contributed by atoms with van der Waals surface area (Å²) < 4.78 is 6.53. The van der Waals surface area contributed by atoms with Crippen LogP contribution in [0.2, 0.25) is 0 Å². The third-order valence-electron chi connectivity index (χ3n) is 10.8. The number of nitrogens with zero attached hydrogens (tertiary/aromatic N) is 2. The molecule has 10 aromatic carbocycles. The van der Waals surface area contributed by atoms with Crippen molar-refractivity contribution in [2.45, 2.75) is 0 Å². The molecular weight excluding hydrogens is 657 g/mol. The van der Waals surface area contributed by atoms with Crippen LogP contribution in [-0.4, -0.2) is 4.98 Å². The lowest BCUT2D eigenvalue weighted by Crippen LogP contribution is -2.10. The molecule has 0 saturated carbocycles. The standard InChI is InChI=1S/C51H32N2O/c1-3-11-38-30-40(17-16-33(38)8-1)51-52-49-15-7-14-45(50(49)54-51)36-19-24-41(25-20-36)53(42-26-18-34-9-2-4-12-39(34)31-42)43-27-21-37-23-28-46-44-13-6-5-10-35(44)22-29-47(46)48(37)32-43/h1-32H. The Morgan fingerprint density at radius 3 is 1.69 bits per heavy atom. The molecule has 0 fully saturated rings. The second kappa shape index (κ2) is 12.2. The number of rotatable bonds is 5. The maximum atomic E-state index is 6.53. The van der Waals surface area contributed by atoms with Gasteiger partial charge in [-0.2, -0.15) is 0 Å². The largest absolute Gasteiger partial charge is 0.435 e. The van der Waals surface area contributed by atoms with Gasteiger partial charge in [-0.25, -0.2) is 4.98 Å². The lowest BCUT2D eigenvalue weighted by atomic mass is 9.96. The number of hydrogen-bond acceptors (Lipinski definition) is 3. The van der Waals surface area contributed by atoms with Gasteiger partial charge in [0, 0.05) is 28.2 Å². The van der Waals surface area contributed by atoms with Gasteiger partial charge in [-0.05, 0) is 114 Å². The zero-order valence-electron chi connectivity index (χ0n) is 29.3. The van der Waals surface area contributed by atoms with E-state index >= 15 is 0 Å². The van der Waals surface area contributed by atoms with E-state index in [0.29, 0.717) is 5.89 Å². The van der Waals surface area contributed by atoms with E-state index in [1.165, 1.54) is 48.5 Å². The Morgan fingerprint density at radius 1 is 0.352 bits per heavy atom. The second-order valence-corrected chi connectivity index (χ2v) is 14.0. The summed E-state index contributed by atoms with van der Waals surface area (Å²) in [5, 5.41) is 12.3. The van der Waals surface area contributed by atoms with Crippen LogP contribution in [-0.2, 0) is 0 Å². The molecule has 11 rings (SSSR count). The van der Waals surface area contributed by atoms with Crippen molar-refractivity contribution in [2.75, 3.05) is 4.90 Å². The van der Waals surface area contributed by atoms with E-state index in [-0.39, 0.29) is 0 Å². The van der Waals surface area contributed by atoms with Crippen molar-refractivity contribution in [3.63, 3.8) is 0 Å². The maximum absolute atomic E-state index is 6.53. The van der Waals surface area contributed by atoms with Gasteiger partial charge in [0.25, 0.3) is 0 Å². The lowest BCUT2D eigenvalue weighted by Gasteiger charge is -2.26. The van der Waals surface area contributed by atoms with E-state index in [0.717, 1.165) is 50.2 Å². The molecule has 0 saturated heterocycles. The molecule has 0 aliphatic rings. The van der Waals surface area contributed by atoms with Gasteiger partial charge in [0.05, 0.1) is 0 Å². The predicted octanol–water partition coefficient (Wildman–Crippen LogP) is 14.4. The highest BCUT2D eigenvalue weighted by molar-refractivity contribution is 6.18. The summed E-state index contributed by atoms with van der Waals surface area (Å²) in [5.74, 6) is 0.624. The molecule has 0 unspecified atom stereocenters. The molecule has 252 valence electrons. The lowest BCUT2D eigenvalue weighted by molar-refractivity contribution is 0.621. The van der Waals surface area contributed by atoms with Crippen LogP contribution in [0, 0.1) is 0 Å². The molecule has 0 atom stereocenters. The highest BCUT2D eigenvalue weighted by Gasteiger charge is 2.17. The van der Waals surface area contributed by atoms with Crippen molar-refractivity contribution in [1.82, 2.24) is 4.98 Å². The molecule has 0 spiro atoms. The van der Waals surface area contributed by atoms with Crippen molar-refractivity contribution in [1.29, 1.82) is 0 Å². The van der Waals surface area contributed by atoms with Gasteiger partial charge in [0.1, 0.15) is 5.52 Å². The minimum Gasteiger partial charge on any atom is -0.435 e. The van der Waals surface area contributed by atoms with Crippen molar-refractivity contribution >= 4 is 82.0 Å². The third kappa shape index (κ3) is 5.02. The number of fused-ring (bicyclic) bond motifs is 8. The first-order valence-corrected chi connectivity index (χ1v) is 18.4. The summed E-state index contributed by atoms with van der Waals surface area (Å²) in [4.78, 5) is 7.28. The fraction of sp³-hybridized carbons (Fsp3) is 0. The zero-order chi connectivity index (χ0) is 35.6. The van der Waals surface area contributed by atoms with E-state index < -0.39 is 0 Å². The summed E-state index contributed by atoms with van der Waals surface area (Å²) in [6.45, 7) is 0. The molecule has 1 heterocycles. The van der Waals surface area contributed by atoms with Crippen molar-refractivity contribution in [3.05, 3.63) is 194 Å². The van der Waals surface area contributed by atoms with Gasteiger partial charge in [-0.1, -0.05) is 140 Å². The van der Waals surface area contributed by atoms with E-state index in [2.05, 4.69) is 193 Å². The van der Waals surface area contributed by atoms with Crippen LogP contribution in [0.4, 0.5) is 17.1 Å². The van der Waals surface area contributed by atoms with Gasteiger partial charge in [0.2, 0.25) is 5.89 Å². The van der Waals surface area contributed by atoms with Crippen LogP contribution in [0.1, 0.15) is 0 Å². The normalized spacial score (nSPS) is 11.7. The SMILES string of the molecule is c1ccc2cc(-c3nc4cccc(-c5ccc(N(c6ccc7ccccc7c6)c6ccc7ccc8c9ccccc9ccc8c7c6)cc5)c4o3)ccc2c1. The number of aromatic nitrogens is 1. The Balaban J connectivity index is 1.04. The molecule has 1 aromatic heterocycles. The highest BCUT2D eigenvalue weighted by atomic mass is 16.3. The smallest absolute Gasteiger partial charge is 0.227 e. The Bertz CT molecular complexity index is 3230. The Labute approximate surface area is 312 Å². The van der Waals surface area contributed by atoms with Crippen molar-refractivity contribution in [3.8, 4) is 22.6 Å². The first-order valence-electron chi connectivity index (χ1n) is 18.4. The number of anilines is 3. The monoisotopic (exact) mass is 688 g/mol. The summed E-state index contributed by atoms with van der Waals surface area (Å²) >= 11 is 0. The molecule has 0 aliphatic heterocycles. The maximum Gasteiger partial charge on any atom is 0.227 e. The summed E-state index contributed by atoms with van der Waals surface area (Å²) in [6, 6.07) is 69.5. The summed E-state index contributed by atoms with van der Waals surface area (Å²) in [6.07, 6.45) is 0. The molecule has 0 aliphatic carbocycles. The Hall–Kier alpha value is -7.23. The van der Waals surface area contributed by atoms with Crippen molar-refractivity contribution < 1.29 is 4.42 Å². The topological polar surface area (TPSA) is 29.3 Å². The van der Waals surface area contributed by atoms with Gasteiger partial charge in [0.15, 0.2) is 5.58 Å². The highest BCUT2D eigenvalue weighted by Crippen LogP contribution is 2.41. The molecule has 0 amide bonds. The van der Waals surface area contributed by atoms with Crippen molar-refractivity contribution in [2.24, 2.45) is 0 Å². The van der Waals surface area contributed by atoms with Gasteiger partial charge < -0.3 is 9.32 Å². The van der Waals surface area contributed by atoms with E-state index in [1.807, 2.05) is 6.07 Å². The van der Waals surface area contributed by atoms with Crippen LogP contribution in [0.15, 0.2) is 199 Å². The molecule has 3 nitrogen and oxygen atoms in total. The minimum absolute atomic E-state index is 0.624. The fourth-order valence-corrected chi connectivity index (χ4v) is 8.12. The van der Waals surface area contributed by atoms with E-state index in [1.54, 1.807) is 0 Å². The van der Waals surface area contributed by atoms with Crippen LogP contribution in [0.5, 0.6) is 0 Å². The number of oxazole rings is 1. The number of benzene rings is 10. The molecular formula is C51H32N2O. The Kier molecular flexibility index (Phi) is 6.86. The molecule has 0 bridgehead atoms. The quantitative estimate of drug-likeness (QED) is 0.169. The van der Waals surface area contributed by atoms with Crippen LogP contribution in [0.25, 0.3) is 87.5 Å². The predicted molar refractivity (Wildman–Crippen MR) is 227 cm³/mol. The molecule has 11 aromatic rings.